The largest absolute Gasteiger partial charge is 0.494 e. The summed E-state index contributed by atoms with van der Waals surface area (Å²) in [5, 5.41) is 0. The third-order valence-electron chi connectivity index (χ3n) is 6.40. The van der Waals surface area contributed by atoms with Gasteiger partial charge in [-0.05, 0) is 68.8 Å². The lowest BCUT2D eigenvalue weighted by atomic mass is 10.1. The van der Waals surface area contributed by atoms with Crippen LogP contribution in [0, 0.1) is 11.6 Å². The van der Waals surface area contributed by atoms with Crippen LogP contribution in [0.2, 0.25) is 0 Å². The Labute approximate surface area is 199 Å². The molecule has 0 atom stereocenters. The average molecular weight is 472 g/mol. The van der Waals surface area contributed by atoms with Gasteiger partial charge in [0.2, 0.25) is 5.91 Å². The minimum Gasteiger partial charge on any atom is -0.494 e. The molecular formula is C26H31F2N3O3. The van der Waals surface area contributed by atoms with Crippen LogP contribution in [0.25, 0.3) is 0 Å². The van der Waals surface area contributed by atoms with Crippen molar-refractivity contribution in [2.75, 3.05) is 50.8 Å². The zero-order valence-electron chi connectivity index (χ0n) is 19.3. The highest BCUT2D eigenvalue weighted by molar-refractivity contribution is 6.01. The van der Waals surface area contributed by atoms with E-state index in [0.29, 0.717) is 19.2 Å². The zero-order valence-corrected chi connectivity index (χ0v) is 19.3. The van der Waals surface area contributed by atoms with E-state index < -0.39 is 17.5 Å². The number of likely N-dealkylation sites (tertiary alicyclic amines) is 1. The Kier molecular flexibility index (Phi) is 8.11. The standard InChI is InChI=1S/C26H31F2N3O3/c27-20-6-11-23(24(28)18-20)26(33)30-15-16-31(25(32)19-30)21-7-9-22(10-8-21)34-17-5-14-29-12-3-1-2-4-13-29/h6-11,18H,1-5,12-17,19H2. The van der Waals surface area contributed by atoms with Crippen molar-refractivity contribution < 1.29 is 23.1 Å². The van der Waals surface area contributed by atoms with Crippen molar-refractivity contribution in [1.82, 2.24) is 9.80 Å². The Balaban J connectivity index is 1.25. The minimum atomic E-state index is -0.929. The SMILES string of the molecule is O=C(c1ccc(F)cc1F)N1CCN(c2ccc(OCCCN3CCCCCC3)cc2)C(=O)C1. The highest BCUT2D eigenvalue weighted by atomic mass is 19.1. The van der Waals surface area contributed by atoms with Gasteiger partial charge in [-0.1, -0.05) is 12.8 Å². The number of nitrogens with zero attached hydrogens (tertiary/aromatic N) is 3. The van der Waals surface area contributed by atoms with Crippen molar-refractivity contribution in [3.63, 3.8) is 0 Å². The molecule has 0 saturated carbocycles. The molecule has 2 aliphatic rings. The van der Waals surface area contributed by atoms with Gasteiger partial charge in [0.1, 0.15) is 23.9 Å². The third kappa shape index (κ3) is 6.11. The molecule has 2 aliphatic heterocycles. The van der Waals surface area contributed by atoms with Crippen molar-refractivity contribution in [3.8, 4) is 5.75 Å². The first-order valence-electron chi connectivity index (χ1n) is 12.0. The number of rotatable bonds is 7. The molecular weight excluding hydrogens is 440 g/mol. The fourth-order valence-electron chi connectivity index (χ4n) is 4.51. The molecule has 0 N–H and O–H groups in total. The molecule has 2 amide bonds. The van der Waals surface area contributed by atoms with Crippen LogP contribution >= 0.6 is 0 Å². The second-order valence-electron chi connectivity index (χ2n) is 8.85. The van der Waals surface area contributed by atoms with Gasteiger partial charge in [0.15, 0.2) is 0 Å². The zero-order chi connectivity index (χ0) is 23.9. The monoisotopic (exact) mass is 471 g/mol. The van der Waals surface area contributed by atoms with E-state index in [9.17, 15) is 18.4 Å². The fourth-order valence-corrected chi connectivity index (χ4v) is 4.51. The summed E-state index contributed by atoms with van der Waals surface area (Å²) in [6.45, 7) is 4.46. The van der Waals surface area contributed by atoms with Crippen molar-refractivity contribution >= 4 is 17.5 Å². The van der Waals surface area contributed by atoms with E-state index in [4.69, 9.17) is 4.74 Å². The lowest BCUT2D eigenvalue weighted by Gasteiger charge is -2.34. The number of carbonyl (C=O) groups excluding carboxylic acids is 2. The maximum absolute atomic E-state index is 14.0. The number of ether oxygens (including phenoxy) is 1. The van der Waals surface area contributed by atoms with E-state index in [2.05, 4.69) is 4.90 Å². The molecule has 182 valence electrons. The number of halogens is 2. The van der Waals surface area contributed by atoms with Crippen LogP contribution in [-0.2, 0) is 4.79 Å². The summed E-state index contributed by atoms with van der Waals surface area (Å²) in [7, 11) is 0. The predicted molar refractivity (Wildman–Crippen MR) is 126 cm³/mol. The average Bonchev–Trinajstić information content (AvgIpc) is 3.11. The van der Waals surface area contributed by atoms with Crippen molar-refractivity contribution in [2.45, 2.75) is 32.1 Å². The smallest absolute Gasteiger partial charge is 0.257 e. The Morgan fingerprint density at radius 1 is 0.912 bits per heavy atom. The first-order valence-corrected chi connectivity index (χ1v) is 12.0. The van der Waals surface area contributed by atoms with Gasteiger partial charge in [0, 0.05) is 31.4 Å². The van der Waals surface area contributed by atoms with Crippen LogP contribution < -0.4 is 9.64 Å². The molecule has 0 bridgehead atoms. The van der Waals surface area contributed by atoms with Crippen LogP contribution in [-0.4, -0.2) is 67.5 Å². The van der Waals surface area contributed by atoms with E-state index >= 15 is 0 Å². The van der Waals surface area contributed by atoms with Crippen molar-refractivity contribution in [3.05, 3.63) is 59.7 Å². The number of carbonyl (C=O) groups is 2. The minimum absolute atomic E-state index is 0.162. The van der Waals surface area contributed by atoms with Gasteiger partial charge in [0.05, 0.1) is 12.2 Å². The summed E-state index contributed by atoms with van der Waals surface area (Å²) in [5.74, 6) is -1.79. The van der Waals surface area contributed by atoms with Crippen LogP contribution in [0.15, 0.2) is 42.5 Å². The first kappa shape index (κ1) is 24.1. The molecule has 0 aromatic heterocycles. The summed E-state index contributed by atoms with van der Waals surface area (Å²) in [6.07, 6.45) is 6.21. The molecule has 2 fully saturated rings. The molecule has 0 radical (unpaired) electrons. The molecule has 2 heterocycles. The van der Waals surface area contributed by atoms with E-state index in [0.717, 1.165) is 36.5 Å². The van der Waals surface area contributed by atoms with Crippen molar-refractivity contribution in [1.29, 1.82) is 0 Å². The topological polar surface area (TPSA) is 53.1 Å². The summed E-state index contributed by atoms with van der Waals surface area (Å²) < 4.78 is 33.0. The van der Waals surface area contributed by atoms with Crippen LogP contribution in [0.5, 0.6) is 5.75 Å². The third-order valence-corrected chi connectivity index (χ3v) is 6.40. The lowest BCUT2D eigenvalue weighted by molar-refractivity contribution is -0.120. The van der Waals surface area contributed by atoms with Crippen LogP contribution in [0.4, 0.5) is 14.5 Å². The Bertz CT molecular complexity index is 991. The Morgan fingerprint density at radius 3 is 2.32 bits per heavy atom. The van der Waals surface area contributed by atoms with Crippen LogP contribution in [0.3, 0.4) is 0 Å². The number of amides is 2. The maximum atomic E-state index is 14.0. The Morgan fingerprint density at radius 2 is 1.65 bits per heavy atom. The van der Waals surface area contributed by atoms with E-state index in [1.807, 2.05) is 24.3 Å². The summed E-state index contributed by atoms with van der Waals surface area (Å²) in [4.78, 5) is 30.7. The molecule has 0 aliphatic carbocycles. The molecule has 0 unspecified atom stereocenters. The maximum Gasteiger partial charge on any atom is 0.257 e. The van der Waals surface area contributed by atoms with Crippen molar-refractivity contribution in [2.24, 2.45) is 0 Å². The summed E-state index contributed by atoms with van der Waals surface area (Å²) in [5.41, 5.74) is 0.488. The quantitative estimate of drug-likeness (QED) is 0.571. The van der Waals surface area contributed by atoms with E-state index in [1.54, 1.807) is 4.90 Å². The normalized spacial score (nSPS) is 17.5. The van der Waals surface area contributed by atoms with Gasteiger partial charge in [-0.25, -0.2) is 8.78 Å². The van der Waals surface area contributed by atoms with E-state index in [1.165, 1.54) is 43.7 Å². The van der Waals surface area contributed by atoms with E-state index in [-0.39, 0.29) is 24.6 Å². The van der Waals surface area contributed by atoms with Gasteiger partial charge in [-0.2, -0.15) is 0 Å². The molecule has 2 aromatic carbocycles. The molecule has 0 spiro atoms. The number of hydrogen-bond acceptors (Lipinski definition) is 4. The molecule has 2 saturated heterocycles. The lowest BCUT2D eigenvalue weighted by Crippen LogP contribution is -2.52. The number of piperazine rings is 1. The Hall–Kier alpha value is -3.00. The molecule has 2 aromatic rings. The first-order chi connectivity index (χ1) is 16.5. The highest BCUT2D eigenvalue weighted by Crippen LogP contribution is 2.23. The van der Waals surface area contributed by atoms with Gasteiger partial charge >= 0.3 is 0 Å². The highest BCUT2D eigenvalue weighted by Gasteiger charge is 2.29. The second kappa shape index (κ2) is 11.4. The molecule has 8 heteroatoms. The summed E-state index contributed by atoms with van der Waals surface area (Å²) >= 11 is 0. The number of benzene rings is 2. The van der Waals surface area contributed by atoms with Gasteiger partial charge < -0.3 is 19.4 Å². The van der Waals surface area contributed by atoms with Gasteiger partial charge in [-0.3, -0.25) is 9.59 Å². The fraction of sp³-hybridized carbons (Fsp3) is 0.462. The summed E-state index contributed by atoms with van der Waals surface area (Å²) in [6, 6.07) is 10.2. The molecule has 6 nitrogen and oxygen atoms in total. The van der Waals surface area contributed by atoms with Gasteiger partial charge in [0.25, 0.3) is 5.91 Å². The number of hydrogen-bond donors (Lipinski definition) is 0. The van der Waals surface area contributed by atoms with Gasteiger partial charge in [-0.15, -0.1) is 0 Å². The predicted octanol–water partition coefficient (Wildman–Crippen LogP) is 4.10. The molecule has 4 rings (SSSR count). The van der Waals surface area contributed by atoms with Crippen LogP contribution in [0.1, 0.15) is 42.5 Å². The second-order valence-corrected chi connectivity index (χ2v) is 8.85. The molecule has 34 heavy (non-hydrogen) atoms. The number of anilines is 1.